The van der Waals surface area contributed by atoms with E-state index >= 15 is 0 Å². The predicted molar refractivity (Wildman–Crippen MR) is 53.8 cm³/mol. The molecule has 0 radical (unpaired) electrons. The Balaban J connectivity index is 2.39. The zero-order chi connectivity index (χ0) is 10.8. The van der Waals surface area contributed by atoms with Crippen molar-refractivity contribution in [2.45, 2.75) is 25.3 Å². The van der Waals surface area contributed by atoms with Crippen LogP contribution in [-0.2, 0) is 16.1 Å². The molecule has 0 N–H and O–H groups in total. The van der Waals surface area contributed by atoms with Gasteiger partial charge in [-0.1, -0.05) is 0 Å². The van der Waals surface area contributed by atoms with Gasteiger partial charge < -0.3 is 9.30 Å². The van der Waals surface area contributed by atoms with E-state index in [0.717, 1.165) is 31.4 Å². The average Bonchev–Trinajstić information content (AvgIpc) is 2.70. The van der Waals surface area contributed by atoms with Crippen LogP contribution in [0.2, 0.25) is 0 Å². The maximum absolute atomic E-state index is 11.5. The number of rotatable bonds is 2. The summed E-state index contributed by atoms with van der Waals surface area (Å²) in [7, 11) is 1.39. The highest BCUT2D eigenvalue weighted by Crippen LogP contribution is 2.29. The molecule has 4 nitrogen and oxygen atoms in total. The van der Waals surface area contributed by atoms with Crippen molar-refractivity contribution in [2.75, 3.05) is 7.11 Å². The first-order chi connectivity index (χ1) is 7.27. The van der Waals surface area contributed by atoms with Crippen LogP contribution >= 0.6 is 0 Å². The van der Waals surface area contributed by atoms with Crippen LogP contribution in [0, 0.1) is 0 Å². The van der Waals surface area contributed by atoms with Gasteiger partial charge >= 0.3 is 5.97 Å². The average molecular weight is 207 g/mol. The number of esters is 1. The fraction of sp³-hybridized carbons (Fsp3) is 0.455. The van der Waals surface area contributed by atoms with Gasteiger partial charge in [0.05, 0.1) is 18.7 Å². The maximum atomic E-state index is 11.5. The number of aromatic nitrogens is 1. The van der Waals surface area contributed by atoms with E-state index in [9.17, 15) is 9.59 Å². The van der Waals surface area contributed by atoms with Crippen LogP contribution in [0.4, 0.5) is 0 Å². The summed E-state index contributed by atoms with van der Waals surface area (Å²) in [4.78, 5) is 22.3. The molecule has 0 fully saturated rings. The fourth-order valence-electron chi connectivity index (χ4n) is 2.15. The summed E-state index contributed by atoms with van der Waals surface area (Å²) in [5, 5.41) is 0. The van der Waals surface area contributed by atoms with Crippen molar-refractivity contribution in [3.63, 3.8) is 0 Å². The van der Waals surface area contributed by atoms with Crippen molar-refractivity contribution in [3.8, 4) is 0 Å². The van der Waals surface area contributed by atoms with Crippen molar-refractivity contribution in [1.82, 2.24) is 4.57 Å². The summed E-state index contributed by atoms with van der Waals surface area (Å²) in [6, 6.07) is 3.59. The number of hydrogen-bond donors (Lipinski definition) is 0. The van der Waals surface area contributed by atoms with E-state index in [0.29, 0.717) is 5.69 Å². The van der Waals surface area contributed by atoms with Gasteiger partial charge in [-0.25, -0.2) is 0 Å². The van der Waals surface area contributed by atoms with Gasteiger partial charge in [0.15, 0.2) is 6.29 Å². The summed E-state index contributed by atoms with van der Waals surface area (Å²) >= 11 is 0. The topological polar surface area (TPSA) is 48.3 Å². The number of carbonyl (C=O) groups excluding carboxylic acids is 2. The number of aldehydes is 1. The molecule has 1 aliphatic heterocycles. The van der Waals surface area contributed by atoms with Crippen molar-refractivity contribution in [2.24, 2.45) is 0 Å². The molecule has 1 aliphatic rings. The molecule has 2 heterocycles. The van der Waals surface area contributed by atoms with Gasteiger partial charge in [0.25, 0.3) is 0 Å². The van der Waals surface area contributed by atoms with E-state index in [1.165, 1.54) is 7.11 Å². The third-order valence-corrected chi connectivity index (χ3v) is 2.89. The molecule has 1 atom stereocenters. The normalized spacial score (nSPS) is 19.4. The minimum absolute atomic E-state index is 0.211. The van der Waals surface area contributed by atoms with Crippen LogP contribution < -0.4 is 0 Å². The van der Waals surface area contributed by atoms with Crippen molar-refractivity contribution >= 4 is 12.3 Å². The van der Waals surface area contributed by atoms with E-state index in [2.05, 4.69) is 0 Å². The monoisotopic (exact) mass is 207 g/mol. The summed E-state index contributed by atoms with van der Waals surface area (Å²) in [5.41, 5.74) is 1.54. The number of methoxy groups -OCH3 is 1. The first-order valence-corrected chi connectivity index (χ1v) is 5.00. The first kappa shape index (κ1) is 9.96. The smallest absolute Gasteiger partial charge is 0.314 e. The van der Waals surface area contributed by atoms with Crippen LogP contribution in [0.25, 0.3) is 0 Å². The summed E-state index contributed by atoms with van der Waals surface area (Å²) in [5.74, 6) is -0.427. The van der Waals surface area contributed by atoms with Crippen LogP contribution in [0.1, 0.15) is 34.9 Å². The minimum Gasteiger partial charge on any atom is -0.469 e. The molecule has 1 aromatic rings. The molecule has 80 valence electrons. The standard InChI is InChI=1S/C11H13NO3/c1-15-11(14)9-3-2-6-12-8(7-13)4-5-10(9)12/h4-5,7,9H,2-3,6H2,1H3. The predicted octanol–water partition coefficient (Wildman–Crippen LogP) is 1.35. The minimum atomic E-state index is -0.216. The molecule has 2 rings (SSSR count). The lowest BCUT2D eigenvalue weighted by Gasteiger charge is -2.23. The Labute approximate surface area is 87.8 Å². The van der Waals surface area contributed by atoms with E-state index < -0.39 is 0 Å². The second-order valence-corrected chi connectivity index (χ2v) is 3.67. The lowest BCUT2D eigenvalue weighted by Crippen LogP contribution is -2.23. The highest BCUT2D eigenvalue weighted by molar-refractivity contribution is 5.79. The summed E-state index contributed by atoms with van der Waals surface area (Å²) in [6.45, 7) is 0.809. The third-order valence-electron chi connectivity index (χ3n) is 2.89. The summed E-state index contributed by atoms with van der Waals surface area (Å²) in [6.07, 6.45) is 2.53. The number of ether oxygens (including phenoxy) is 1. The largest absolute Gasteiger partial charge is 0.469 e. The molecule has 0 aromatic carbocycles. The van der Waals surface area contributed by atoms with Gasteiger partial charge in [-0.3, -0.25) is 9.59 Å². The Morgan fingerprint density at radius 3 is 3.07 bits per heavy atom. The number of hydrogen-bond acceptors (Lipinski definition) is 3. The van der Waals surface area contributed by atoms with Crippen LogP contribution in [0.15, 0.2) is 12.1 Å². The lowest BCUT2D eigenvalue weighted by molar-refractivity contribution is -0.143. The maximum Gasteiger partial charge on any atom is 0.314 e. The number of carbonyl (C=O) groups is 2. The molecule has 0 spiro atoms. The van der Waals surface area contributed by atoms with Crippen molar-refractivity contribution < 1.29 is 14.3 Å². The Morgan fingerprint density at radius 2 is 2.40 bits per heavy atom. The highest BCUT2D eigenvalue weighted by Gasteiger charge is 2.28. The molecule has 0 bridgehead atoms. The van der Waals surface area contributed by atoms with Gasteiger partial charge in [0.1, 0.15) is 0 Å². The second-order valence-electron chi connectivity index (χ2n) is 3.67. The Bertz CT molecular complexity index is 395. The Morgan fingerprint density at radius 1 is 1.60 bits per heavy atom. The van der Waals surface area contributed by atoms with Crippen LogP contribution in [0.5, 0.6) is 0 Å². The van der Waals surface area contributed by atoms with E-state index in [1.807, 2.05) is 10.6 Å². The van der Waals surface area contributed by atoms with E-state index in [-0.39, 0.29) is 11.9 Å². The van der Waals surface area contributed by atoms with E-state index in [4.69, 9.17) is 4.74 Å². The molecule has 0 saturated heterocycles. The Hall–Kier alpha value is -1.58. The van der Waals surface area contributed by atoms with Gasteiger partial charge in [-0.2, -0.15) is 0 Å². The SMILES string of the molecule is COC(=O)C1CCCn2c(C=O)ccc21. The zero-order valence-corrected chi connectivity index (χ0v) is 8.60. The molecule has 0 amide bonds. The molecule has 15 heavy (non-hydrogen) atoms. The Kier molecular flexibility index (Phi) is 2.58. The summed E-state index contributed by atoms with van der Waals surface area (Å²) < 4.78 is 6.65. The fourth-order valence-corrected chi connectivity index (χ4v) is 2.15. The van der Waals surface area contributed by atoms with Crippen LogP contribution in [0.3, 0.4) is 0 Å². The highest BCUT2D eigenvalue weighted by atomic mass is 16.5. The molecular weight excluding hydrogens is 194 g/mol. The molecular formula is C11H13NO3. The number of fused-ring (bicyclic) bond motifs is 1. The van der Waals surface area contributed by atoms with Crippen molar-refractivity contribution in [1.29, 1.82) is 0 Å². The molecule has 4 heteroatoms. The number of nitrogens with zero attached hydrogens (tertiary/aromatic N) is 1. The van der Waals surface area contributed by atoms with Gasteiger partial charge in [0.2, 0.25) is 0 Å². The molecule has 1 aromatic heterocycles. The zero-order valence-electron chi connectivity index (χ0n) is 8.60. The second kappa shape index (κ2) is 3.88. The first-order valence-electron chi connectivity index (χ1n) is 5.00. The molecule has 0 aliphatic carbocycles. The van der Waals surface area contributed by atoms with Gasteiger partial charge in [0, 0.05) is 12.2 Å². The third kappa shape index (κ3) is 1.56. The van der Waals surface area contributed by atoms with Crippen LogP contribution in [-0.4, -0.2) is 23.9 Å². The molecule has 0 saturated carbocycles. The quantitative estimate of drug-likeness (QED) is 0.543. The molecule has 1 unspecified atom stereocenters. The van der Waals surface area contributed by atoms with Crippen molar-refractivity contribution in [3.05, 3.63) is 23.5 Å². The van der Waals surface area contributed by atoms with Gasteiger partial charge in [-0.05, 0) is 25.0 Å². The van der Waals surface area contributed by atoms with Gasteiger partial charge in [-0.15, -0.1) is 0 Å². The lowest BCUT2D eigenvalue weighted by atomic mass is 9.96. The van der Waals surface area contributed by atoms with E-state index in [1.54, 1.807) is 6.07 Å².